The van der Waals surface area contributed by atoms with E-state index in [4.69, 9.17) is 9.47 Å². The lowest BCUT2D eigenvalue weighted by molar-refractivity contribution is -0.143. The van der Waals surface area contributed by atoms with Gasteiger partial charge in [0, 0.05) is 24.5 Å². The van der Waals surface area contributed by atoms with E-state index in [-0.39, 0.29) is 24.3 Å². The van der Waals surface area contributed by atoms with Crippen molar-refractivity contribution in [2.24, 2.45) is 11.8 Å². The Kier molecular flexibility index (Phi) is 7.63. The van der Waals surface area contributed by atoms with Gasteiger partial charge in [-0.15, -0.1) is 0 Å². The van der Waals surface area contributed by atoms with Gasteiger partial charge in [-0.2, -0.15) is 0 Å². The number of unbranched alkanes of at least 4 members (excludes halogenated alkanes) is 1. The van der Waals surface area contributed by atoms with Crippen LogP contribution < -0.4 is 15.4 Å². The molecule has 0 saturated carbocycles. The number of rotatable bonds is 10. The first-order valence-corrected chi connectivity index (χ1v) is 14.2. The number of aliphatic hydroxyl groups is 1. The molecule has 3 heterocycles. The van der Waals surface area contributed by atoms with Gasteiger partial charge in [0.05, 0.1) is 24.0 Å². The Hall–Kier alpha value is -3.43. The minimum atomic E-state index is -1.10. The SMILES string of the molecule is CCOc1ccc(NC(=O)[C@@H]2[C@H]3C(=O)N(CCCCO)C(C(=O)Nc4cc(C)ccc4C)C34CC[C@@]2(C)O4)cc1. The monoisotopic (exact) mass is 549 g/mol. The standard InChI is InChI=1S/C31H39N3O6/c1-5-39-22-12-10-21(11-13-22)32-27(36)24-25-29(38)34(16-6-7-17-35)26(31(25)15-14-30(24,4)40-31)28(37)33-23-18-19(2)8-9-20(23)3/h8-13,18,24-26,35H,5-7,14-17H2,1-4H3,(H,32,36)(H,33,37)/t24-,25-,26?,30+,31?/m0/s1. The lowest BCUT2D eigenvalue weighted by atomic mass is 9.66. The van der Waals surface area contributed by atoms with Crippen LogP contribution in [0.3, 0.4) is 0 Å². The van der Waals surface area contributed by atoms with Crippen molar-refractivity contribution in [2.75, 3.05) is 30.4 Å². The summed E-state index contributed by atoms with van der Waals surface area (Å²) in [4.78, 5) is 43.5. The number of amides is 3. The molecule has 0 radical (unpaired) electrons. The fourth-order valence-electron chi connectivity index (χ4n) is 6.85. The predicted octanol–water partition coefficient (Wildman–Crippen LogP) is 3.82. The minimum absolute atomic E-state index is 0.00234. The topological polar surface area (TPSA) is 117 Å². The summed E-state index contributed by atoms with van der Waals surface area (Å²) in [6, 6.07) is 12.1. The number of carbonyl (C=O) groups is 3. The molecular weight excluding hydrogens is 510 g/mol. The molecule has 2 bridgehead atoms. The van der Waals surface area contributed by atoms with Crippen LogP contribution in [0.2, 0.25) is 0 Å². The molecule has 9 heteroatoms. The van der Waals surface area contributed by atoms with E-state index >= 15 is 0 Å². The van der Waals surface area contributed by atoms with Crippen molar-refractivity contribution in [1.82, 2.24) is 4.90 Å². The molecule has 5 atom stereocenters. The van der Waals surface area contributed by atoms with Crippen molar-refractivity contribution >= 4 is 29.1 Å². The van der Waals surface area contributed by atoms with Crippen LogP contribution in [0.4, 0.5) is 11.4 Å². The Morgan fingerprint density at radius 1 is 1.07 bits per heavy atom. The molecule has 0 aliphatic carbocycles. The fraction of sp³-hybridized carbons (Fsp3) is 0.516. The zero-order valence-electron chi connectivity index (χ0n) is 23.7. The first-order chi connectivity index (χ1) is 19.1. The maximum absolute atomic E-state index is 14.1. The van der Waals surface area contributed by atoms with Crippen LogP contribution in [0.15, 0.2) is 42.5 Å². The van der Waals surface area contributed by atoms with Crippen LogP contribution in [0.5, 0.6) is 5.75 Å². The minimum Gasteiger partial charge on any atom is -0.494 e. The summed E-state index contributed by atoms with van der Waals surface area (Å²) in [5, 5.41) is 15.4. The second kappa shape index (κ2) is 10.9. The number of aliphatic hydroxyl groups excluding tert-OH is 1. The van der Waals surface area contributed by atoms with E-state index in [1.165, 1.54) is 0 Å². The second-order valence-electron chi connectivity index (χ2n) is 11.4. The summed E-state index contributed by atoms with van der Waals surface area (Å²) >= 11 is 0. The van der Waals surface area contributed by atoms with E-state index < -0.39 is 29.1 Å². The summed E-state index contributed by atoms with van der Waals surface area (Å²) in [6.07, 6.45) is 2.12. The molecule has 3 aliphatic rings. The third-order valence-electron chi connectivity index (χ3n) is 8.70. The Balaban J connectivity index is 1.46. The van der Waals surface area contributed by atoms with E-state index in [0.717, 1.165) is 11.1 Å². The number of carbonyl (C=O) groups excluding carboxylic acids is 3. The molecule has 3 aliphatic heterocycles. The van der Waals surface area contributed by atoms with Crippen LogP contribution in [-0.4, -0.2) is 64.7 Å². The predicted molar refractivity (Wildman–Crippen MR) is 151 cm³/mol. The number of fused-ring (bicyclic) bond motifs is 1. The molecule has 5 rings (SSSR count). The summed E-state index contributed by atoms with van der Waals surface area (Å²) in [5.74, 6) is -1.68. The Morgan fingerprint density at radius 3 is 2.52 bits per heavy atom. The average molecular weight is 550 g/mol. The first kappa shape index (κ1) is 28.1. The summed E-state index contributed by atoms with van der Waals surface area (Å²) in [6.45, 7) is 8.51. The lowest BCUT2D eigenvalue weighted by Gasteiger charge is -2.33. The van der Waals surface area contributed by atoms with Gasteiger partial charge < -0.3 is 30.1 Å². The highest BCUT2D eigenvalue weighted by atomic mass is 16.5. The van der Waals surface area contributed by atoms with Gasteiger partial charge in [0.15, 0.2) is 0 Å². The largest absolute Gasteiger partial charge is 0.494 e. The third kappa shape index (κ3) is 4.75. The quantitative estimate of drug-likeness (QED) is 0.388. The van der Waals surface area contributed by atoms with Gasteiger partial charge in [-0.1, -0.05) is 12.1 Å². The van der Waals surface area contributed by atoms with Gasteiger partial charge in [0.25, 0.3) is 0 Å². The molecule has 40 heavy (non-hydrogen) atoms. The molecule has 0 aromatic heterocycles. The van der Waals surface area contributed by atoms with Gasteiger partial charge >= 0.3 is 0 Å². The number of hydrogen-bond donors (Lipinski definition) is 3. The third-order valence-corrected chi connectivity index (χ3v) is 8.70. The normalized spacial score (nSPS) is 28.5. The molecule has 3 fully saturated rings. The van der Waals surface area contributed by atoms with E-state index in [9.17, 15) is 19.5 Å². The highest BCUT2D eigenvalue weighted by Crippen LogP contribution is 2.63. The molecule has 3 amide bonds. The molecular formula is C31H39N3O6. The van der Waals surface area contributed by atoms with Gasteiger partial charge in [0.1, 0.15) is 17.4 Å². The summed E-state index contributed by atoms with van der Waals surface area (Å²) < 4.78 is 12.2. The van der Waals surface area contributed by atoms with Crippen LogP contribution in [-0.2, 0) is 19.1 Å². The average Bonchev–Trinajstić information content (AvgIpc) is 3.48. The van der Waals surface area contributed by atoms with Gasteiger partial charge in [-0.05, 0) is 94.8 Å². The zero-order valence-corrected chi connectivity index (χ0v) is 23.7. The van der Waals surface area contributed by atoms with Gasteiger partial charge in [-0.25, -0.2) is 0 Å². The van der Waals surface area contributed by atoms with E-state index in [1.807, 2.05) is 45.9 Å². The van der Waals surface area contributed by atoms with Gasteiger partial charge in [-0.3, -0.25) is 14.4 Å². The molecule has 2 unspecified atom stereocenters. The van der Waals surface area contributed by atoms with Gasteiger partial charge in [0.2, 0.25) is 17.7 Å². The molecule has 3 saturated heterocycles. The zero-order chi connectivity index (χ0) is 28.7. The molecule has 2 aromatic rings. The van der Waals surface area contributed by atoms with Crippen LogP contribution in [0.25, 0.3) is 0 Å². The maximum atomic E-state index is 14.1. The number of aryl methyl sites for hydroxylation is 2. The maximum Gasteiger partial charge on any atom is 0.250 e. The second-order valence-corrected chi connectivity index (χ2v) is 11.4. The summed E-state index contributed by atoms with van der Waals surface area (Å²) in [7, 11) is 0. The smallest absolute Gasteiger partial charge is 0.250 e. The first-order valence-electron chi connectivity index (χ1n) is 14.2. The Bertz CT molecular complexity index is 1300. The summed E-state index contributed by atoms with van der Waals surface area (Å²) in [5.41, 5.74) is 1.24. The van der Waals surface area contributed by atoms with Crippen molar-refractivity contribution in [3.8, 4) is 5.75 Å². The number of benzene rings is 2. The highest BCUT2D eigenvalue weighted by Gasteiger charge is 2.77. The molecule has 214 valence electrons. The lowest BCUT2D eigenvalue weighted by Crippen LogP contribution is -2.53. The molecule has 2 aromatic carbocycles. The van der Waals surface area contributed by atoms with Crippen molar-refractivity contribution in [3.63, 3.8) is 0 Å². The Labute approximate surface area is 235 Å². The van der Waals surface area contributed by atoms with Crippen molar-refractivity contribution in [2.45, 2.75) is 70.6 Å². The van der Waals surface area contributed by atoms with Crippen molar-refractivity contribution < 1.29 is 29.0 Å². The number of anilines is 2. The van der Waals surface area contributed by atoms with Crippen molar-refractivity contribution in [3.05, 3.63) is 53.6 Å². The number of ether oxygens (including phenoxy) is 2. The molecule has 3 N–H and O–H groups in total. The molecule has 9 nitrogen and oxygen atoms in total. The van der Waals surface area contributed by atoms with Crippen LogP contribution >= 0.6 is 0 Å². The number of likely N-dealkylation sites (tertiary alicyclic amines) is 1. The number of nitrogens with one attached hydrogen (secondary N) is 2. The van der Waals surface area contributed by atoms with E-state index in [2.05, 4.69) is 10.6 Å². The number of hydrogen-bond acceptors (Lipinski definition) is 6. The molecule has 1 spiro atoms. The van der Waals surface area contributed by atoms with Crippen molar-refractivity contribution in [1.29, 1.82) is 0 Å². The Morgan fingerprint density at radius 2 is 1.82 bits per heavy atom. The van der Waals surface area contributed by atoms with Crippen LogP contribution in [0, 0.1) is 25.7 Å². The van der Waals surface area contributed by atoms with E-state index in [1.54, 1.807) is 29.2 Å². The van der Waals surface area contributed by atoms with E-state index in [0.29, 0.717) is 56.0 Å². The fourth-order valence-corrected chi connectivity index (χ4v) is 6.85. The van der Waals surface area contributed by atoms with Crippen LogP contribution in [0.1, 0.15) is 50.7 Å². The number of nitrogens with zero attached hydrogens (tertiary/aromatic N) is 1. The highest BCUT2D eigenvalue weighted by molar-refractivity contribution is 6.05.